The van der Waals surface area contributed by atoms with Gasteiger partial charge < -0.3 is 24.3 Å². The molecule has 0 amide bonds. The van der Waals surface area contributed by atoms with Gasteiger partial charge >= 0.3 is 0 Å². The van der Waals surface area contributed by atoms with Crippen LogP contribution >= 0.6 is 0 Å². The molecule has 7 heteroatoms. The molecule has 2 aliphatic heterocycles. The van der Waals surface area contributed by atoms with E-state index in [0.29, 0.717) is 24.5 Å². The van der Waals surface area contributed by atoms with Crippen LogP contribution < -0.4 is 14.4 Å². The number of anilines is 3. The lowest BCUT2D eigenvalue weighted by atomic mass is 9.97. The van der Waals surface area contributed by atoms with Gasteiger partial charge in [0.1, 0.15) is 11.5 Å². The highest BCUT2D eigenvalue weighted by molar-refractivity contribution is 6.01. The lowest BCUT2D eigenvalue weighted by Crippen LogP contribution is -2.12. The molecule has 8 bridgehead atoms. The van der Waals surface area contributed by atoms with Crippen molar-refractivity contribution in [3.8, 4) is 46.1 Å². The van der Waals surface area contributed by atoms with Gasteiger partial charge in [-0.25, -0.2) is 9.97 Å². The van der Waals surface area contributed by atoms with Crippen LogP contribution in [0.1, 0.15) is 207 Å². The number of aryl methyl sites for hydroxylation is 4. The second-order valence-electron chi connectivity index (χ2n) is 23.0. The Morgan fingerprint density at radius 2 is 0.807 bits per heavy atom. The van der Waals surface area contributed by atoms with Gasteiger partial charge in [0, 0.05) is 44.7 Å². The maximum absolute atomic E-state index is 6.83. The fourth-order valence-corrected chi connectivity index (χ4v) is 11.9. The van der Waals surface area contributed by atoms with Crippen molar-refractivity contribution < 1.29 is 9.47 Å². The Kier molecular flexibility index (Phi) is 22.2. The summed E-state index contributed by atoms with van der Waals surface area (Å²) in [7, 11) is 0. The summed E-state index contributed by atoms with van der Waals surface area (Å²) in [6, 6.07) is 40.0. The number of terminal acetylenes is 1. The van der Waals surface area contributed by atoms with Gasteiger partial charge in [0.2, 0.25) is 0 Å². The molecule has 432 valence electrons. The number of aromatic amines is 2. The van der Waals surface area contributed by atoms with Crippen LogP contribution in [0.4, 0.5) is 17.1 Å². The number of nitrogens with one attached hydrogen (secondary N) is 2. The number of H-pyrrole nitrogens is 2. The molecule has 0 saturated heterocycles. The standard InChI is InChI=1S/C76H91N5O2/c1-8-13-17-21-23-27-53-82-70-35-29-31-55(6)72(70)74-64-47-45-62(77-64)61(12-5)63-46-48-65(78-63)75(73-56(7)32-30-36-71(73)83-54-28-24-22-18-14-9-2)67-50-52-69(80-67)76(68-51-49-66(74)79-68)81(59-41-37-57(38-42-59)33-25-19-15-10-3)60-43-39-58(40-44-60)34-26-20-16-11-4/h5,29-32,35-52,77,80H,8-11,13-28,33-34,53-54H2,1-4,6-7H3. The van der Waals surface area contributed by atoms with Crippen molar-refractivity contribution in [1.82, 2.24) is 19.9 Å². The average Bonchev–Trinajstić information content (AvgIpc) is 3.58. The summed E-state index contributed by atoms with van der Waals surface area (Å²) in [5.74, 6) is 4.74. The predicted octanol–water partition coefficient (Wildman–Crippen LogP) is 21.8. The van der Waals surface area contributed by atoms with E-state index >= 15 is 0 Å². The van der Waals surface area contributed by atoms with Crippen molar-refractivity contribution in [2.75, 3.05) is 18.1 Å². The van der Waals surface area contributed by atoms with Crippen LogP contribution in [0.15, 0.2) is 109 Å². The molecule has 83 heavy (non-hydrogen) atoms. The van der Waals surface area contributed by atoms with Crippen LogP contribution in [0.25, 0.3) is 68.6 Å². The summed E-state index contributed by atoms with van der Waals surface area (Å²) in [6.07, 6.45) is 41.3. The SMILES string of the molecule is C#Cc1c2nc(c(-c3c(C)cccc3OCCCCCCCC)c3ccc([nH]3)c(N(c3ccc(CCCCCC)cc3)c3ccc(CCCCCC)cc3)c3nc(c(-c4c(C)cccc4OCCCCCCCC)c4ccc1[nH]4)C=C3)C=C2. The van der Waals surface area contributed by atoms with E-state index in [1.807, 2.05) is 0 Å². The number of rotatable bonds is 31. The maximum Gasteiger partial charge on any atom is 0.127 e. The minimum Gasteiger partial charge on any atom is -0.493 e. The van der Waals surface area contributed by atoms with E-state index in [2.05, 4.69) is 196 Å². The van der Waals surface area contributed by atoms with Gasteiger partial charge in [-0.2, -0.15) is 0 Å². The molecule has 5 heterocycles. The minimum absolute atomic E-state index is 0.636. The Labute approximate surface area is 497 Å². The zero-order valence-electron chi connectivity index (χ0n) is 50.9. The number of aromatic nitrogens is 4. The van der Waals surface area contributed by atoms with E-state index in [9.17, 15) is 0 Å². The van der Waals surface area contributed by atoms with E-state index in [1.165, 1.54) is 114 Å². The second-order valence-corrected chi connectivity index (χ2v) is 23.0. The molecule has 0 atom stereocenters. The quantitative estimate of drug-likeness (QED) is 0.0334. The molecular weight excluding hydrogens is 1010 g/mol. The van der Waals surface area contributed by atoms with Gasteiger partial charge in [0.05, 0.1) is 58.3 Å². The fraction of sp³-hybridized carbons (Fsp3) is 0.395. The first-order chi connectivity index (χ1) is 40.8. The topological polar surface area (TPSA) is 79.1 Å². The molecule has 0 unspecified atom stereocenters. The molecule has 0 saturated carbocycles. The van der Waals surface area contributed by atoms with E-state index < -0.39 is 0 Å². The third-order valence-corrected chi connectivity index (χ3v) is 16.6. The molecule has 7 nitrogen and oxygen atoms in total. The van der Waals surface area contributed by atoms with Gasteiger partial charge in [0.25, 0.3) is 0 Å². The highest BCUT2D eigenvalue weighted by Crippen LogP contribution is 2.45. The molecule has 0 radical (unpaired) electrons. The Balaban J connectivity index is 1.32. The van der Waals surface area contributed by atoms with Crippen LogP contribution in [0.5, 0.6) is 11.5 Å². The third-order valence-electron chi connectivity index (χ3n) is 16.6. The molecule has 2 aliphatic rings. The Hall–Kier alpha value is -7.56. The van der Waals surface area contributed by atoms with Crippen LogP contribution in [-0.2, 0) is 12.8 Å². The summed E-state index contributed by atoms with van der Waals surface area (Å²) < 4.78 is 13.7. The number of ether oxygens (including phenoxy) is 2. The summed E-state index contributed by atoms with van der Waals surface area (Å²) in [6.45, 7) is 14.7. The fourth-order valence-electron chi connectivity index (χ4n) is 11.9. The maximum atomic E-state index is 6.83. The van der Waals surface area contributed by atoms with Crippen LogP contribution in [-0.4, -0.2) is 33.1 Å². The summed E-state index contributed by atoms with van der Waals surface area (Å²) in [5.41, 5.74) is 19.2. The second kappa shape index (κ2) is 30.7. The first-order valence-electron chi connectivity index (χ1n) is 31.9. The van der Waals surface area contributed by atoms with Gasteiger partial charge in [-0.3, -0.25) is 0 Å². The lowest BCUT2D eigenvalue weighted by molar-refractivity contribution is 0.305. The number of benzene rings is 4. The van der Waals surface area contributed by atoms with Gasteiger partial charge in [-0.1, -0.05) is 185 Å². The summed E-state index contributed by atoms with van der Waals surface area (Å²) in [5, 5.41) is 0. The Bertz CT molecular complexity index is 3390. The van der Waals surface area contributed by atoms with Crippen molar-refractivity contribution in [2.24, 2.45) is 0 Å². The number of hydrogen-bond donors (Lipinski definition) is 2. The monoisotopic (exact) mass is 1110 g/mol. The van der Waals surface area contributed by atoms with Gasteiger partial charge in [-0.05, 0) is 160 Å². The van der Waals surface area contributed by atoms with Crippen molar-refractivity contribution in [2.45, 2.75) is 183 Å². The van der Waals surface area contributed by atoms with E-state index in [4.69, 9.17) is 25.9 Å². The van der Waals surface area contributed by atoms with Crippen molar-refractivity contribution in [1.29, 1.82) is 0 Å². The number of fused-ring (bicyclic) bond motifs is 8. The predicted molar refractivity (Wildman–Crippen MR) is 355 cm³/mol. The van der Waals surface area contributed by atoms with Gasteiger partial charge in [0.15, 0.2) is 0 Å². The third kappa shape index (κ3) is 15.2. The first-order valence-corrected chi connectivity index (χ1v) is 31.9. The molecule has 7 aromatic rings. The van der Waals surface area contributed by atoms with E-state index in [-0.39, 0.29) is 0 Å². The Morgan fingerprint density at radius 1 is 0.410 bits per heavy atom. The van der Waals surface area contributed by atoms with Crippen molar-refractivity contribution in [3.05, 3.63) is 160 Å². The normalized spacial score (nSPS) is 11.8. The lowest BCUT2D eigenvalue weighted by Gasteiger charge is -2.27. The highest BCUT2D eigenvalue weighted by Gasteiger charge is 2.25. The average molecular weight is 1110 g/mol. The van der Waals surface area contributed by atoms with Crippen LogP contribution in [0, 0.1) is 26.2 Å². The molecule has 0 aliphatic carbocycles. The largest absolute Gasteiger partial charge is 0.493 e. The number of hydrogen-bond acceptors (Lipinski definition) is 5. The summed E-state index contributed by atoms with van der Waals surface area (Å²) >= 11 is 0. The highest BCUT2D eigenvalue weighted by atomic mass is 16.5. The molecule has 2 N–H and O–H groups in total. The number of nitrogens with zero attached hydrogens (tertiary/aromatic N) is 3. The zero-order valence-corrected chi connectivity index (χ0v) is 50.9. The zero-order chi connectivity index (χ0) is 57.8. The van der Waals surface area contributed by atoms with Crippen LogP contribution in [0.2, 0.25) is 0 Å². The molecule has 0 spiro atoms. The Morgan fingerprint density at radius 3 is 1.29 bits per heavy atom. The minimum atomic E-state index is 0.636. The van der Waals surface area contributed by atoms with Crippen molar-refractivity contribution in [3.63, 3.8) is 0 Å². The van der Waals surface area contributed by atoms with Crippen LogP contribution in [0.3, 0.4) is 0 Å². The molecule has 9 rings (SSSR count). The molecule has 0 fully saturated rings. The van der Waals surface area contributed by atoms with Gasteiger partial charge in [-0.15, -0.1) is 6.42 Å². The van der Waals surface area contributed by atoms with E-state index in [0.717, 1.165) is 140 Å². The molecule has 3 aromatic heterocycles. The smallest absolute Gasteiger partial charge is 0.127 e. The summed E-state index contributed by atoms with van der Waals surface area (Å²) in [4.78, 5) is 21.6. The molecule has 4 aromatic carbocycles. The number of unbranched alkanes of at least 4 members (excludes halogenated alkanes) is 16. The van der Waals surface area contributed by atoms with E-state index in [1.54, 1.807) is 0 Å². The van der Waals surface area contributed by atoms with Crippen molar-refractivity contribution >= 4 is 63.4 Å². The molecular formula is C76H91N5O2. The first kappa shape index (κ1) is 60.0.